The summed E-state index contributed by atoms with van der Waals surface area (Å²) in [5.74, 6) is 0.746. The maximum absolute atomic E-state index is 12.9. The third-order valence-corrected chi connectivity index (χ3v) is 7.25. The molecule has 156 valence electrons. The maximum atomic E-state index is 12.9. The summed E-state index contributed by atoms with van der Waals surface area (Å²) < 4.78 is 39.7. The van der Waals surface area contributed by atoms with E-state index in [-0.39, 0.29) is 12.1 Å². The minimum Gasteiger partial charge on any atom is -0.477 e. The lowest BCUT2D eigenvalue weighted by Crippen LogP contribution is -2.39. The van der Waals surface area contributed by atoms with Gasteiger partial charge >= 0.3 is 0 Å². The number of aryl methyl sites for hydroxylation is 2. The molecular formula is C21H27N3O4S. The summed E-state index contributed by atoms with van der Waals surface area (Å²) >= 11 is 0. The first-order valence-electron chi connectivity index (χ1n) is 10.2. The topological polar surface area (TPSA) is 90.4 Å². The number of sulfonamides is 1. The molecular weight excluding hydrogens is 390 g/mol. The van der Waals surface area contributed by atoms with Gasteiger partial charge in [-0.2, -0.15) is 0 Å². The molecule has 0 amide bonds. The van der Waals surface area contributed by atoms with E-state index in [0.717, 1.165) is 44.9 Å². The summed E-state index contributed by atoms with van der Waals surface area (Å²) in [6.07, 6.45) is 10.4. The van der Waals surface area contributed by atoms with E-state index in [0.29, 0.717) is 16.7 Å². The van der Waals surface area contributed by atoms with Gasteiger partial charge in [0, 0.05) is 18.4 Å². The quantitative estimate of drug-likeness (QED) is 0.777. The number of hydrogen-bond acceptors (Lipinski definition) is 6. The van der Waals surface area contributed by atoms with E-state index in [9.17, 15) is 8.42 Å². The highest BCUT2D eigenvalue weighted by molar-refractivity contribution is 7.89. The Morgan fingerprint density at radius 3 is 2.38 bits per heavy atom. The Balaban J connectivity index is 1.35. The molecule has 7 nitrogen and oxygen atoms in total. The van der Waals surface area contributed by atoms with Crippen LogP contribution in [0.1, 0.15) is 49.7 Å². The van der Waals surface area contributed by atoms with Gasteiger partial charge in [-0.25, -0.2) is 23.1 Å². The molecule has 1 aromatic heterocycles. The SMILES string of the molecule is COc1nccnc1OC1CCC(NS(=O)(=O)c2ccc3c(c2)CCCC3)CC1. The van der Waals surface area contributed by atoms with Crippen molar-refractivity contribution in [3.63, 3.8) is 0 Å². The van der Waals surface area contributed by atoms with Crippen molar-refractivity contribution >= 4 is 10.0 Å². The average molecular weight is 418 g/mol. The van der Waals surface area contributed by atoms with Gasteiger partial charge in [-0.3, -0.25) is 0 Å². The molecule has 0 unspecified atom stereocenters. The fraction of sp³-hybridized carbons (Fsp3) is 0.524. The van der Waals surface area contributed by atoms with Crippen LogP contribution in [0.5, 0.6) is 11.8 Å². The van der Waals surface area contributed by atoms with Gasteiger partial charge in [-0.05, 0) is 74.6 Å². The normalized spacial score (nSPS) is 22.0. The lowest BCUT2D eigenvalue weighted by Gasteiger charge is -2.29. The molecule has 29 heavy (non-hydrogen) atoms. The first kappa shape index (κ1) is 20.1. The molecule has 2 aliphatic rings. The number of aromatic nitrogens is 2. The van der Waals surface area contributed by atoms with Gasteiger partial charge in [0.15, 0.2) is 0 Å². The third kappa shape index (κ3) is 4.70. The summed E-state index contributed by atoms with van der Waals surface area (Å²) in [5, 5.41) is 0. The molecule has 0 radical (unpaired) electrons. The molecule has 1 aromatic carbocycles. The molecule has 4 rings (SSSR count). The first-order valence-corrected chi connectivity index (χ1v) is 11.7. The number of nitrogens with one attached hydrogen (secondary N) is 1. The van der Waals surface area contributed by atoms with Gasteiger partial charge in [0.25, 0.3) is 11.8 Å². The van der Waals surface area contributed by atoms with Crippen molar-refractivity contribution in [3.8, 4) is 11.8 Å². The van der Waals surface area contributed by atoms with Crippen LogP contribution in [0.25, 0.3) is 0 Å². The van der Waals surface area contributed by atoms with Gasteiger partial charge < -0.3 is 9.47 Å². The molecule has 8 heteroatoms. The zero-order valence-corrected chi connectivity index (χ0v) is 17.5. The van der Waals surface area contributed by atoms with Crippen molar-refractivity contribution in [2.24, 2.45) is 0 Å². The molecule has 0 atom stereocenters. The largest absolute Gasteiger partial charge is 0.477 e. The van der Waals surface area contributed by atoms with Crippen molar-refractivity contribution < 1.29 is 17.9 Å². The van der Waals surface area contributed by atoms with Gasteiger partial charge in [-0.1, -0.05) is 6.07 Å². The number of methoxy groups -OCH3 is 1. The third-order valence-electron chi connectivity index (χ3n) is 5.73. The van der Waals surface area contributed by atoms with Crippen molar-refractivity contribution in [3.05, 3.63) is 41.7 Å². The van der Waals surface area contributed by atoms with Gasteiger partial charge in [-0.15, -0.1) is 0 Å². The zero-order chi connectivity index (χ0) is 20.3. The Hall–Kier alpha value is -2.19. The van der Waals surface area contributed by atoms with Crippen LogP contribution >= 0.6 is 0 Å². The first-order chi connectivity index (χ1) is 14.0. The van der Waals surface area contributed by atoms with E-state index >= 15 is 0 Å². The summed E-state index contributed by atoms with van der Waals surface area (Å²) in [4.78, 5) is 8.64. The summed E-state index contributed by atoms with van der Waals surface area (Å²) in [6.45, 7) is 0. The van der Waals surface area contributed by atoms with Crippen molar-refractivity contribution in [1.29, 1.82) is 0 Å². The number of fused-ring (bicyclic) bond motifs is 1. The highest BCUT2D eigenvalue weighted by Crippen LogP contribution is 2.28. The number of rotatable bonds is 6. The van der Waals surface area contributed by atoms with Crippen LogP contribution in [0.15, 0.2) is 35.5 Å². The standard InChI is InChI=1S/C21H27N3O4S/c1-27-20-21(23-13-12-22-20)28-18-9-7-17(8-10-18)24-29(25,26)19-11-6-15-4-2-3-5-16(15)14-19/h6,11-14,17-18,24H,2-5,7-10H2,1H3. The smallest absolute Gasteiger partial charge is 0.278 e. The Morgan fingerprint density at radius 1 is 0.966 bits per heavy atom. The molecule has 1 fully saturated rings. The van der Waals surface area contributed by atoms with Crippen LogP contribution in [0, 0.1) is 0 Å². The van der Waals surface area contributed by atoms with E-state index in [1.165, 1.54) is 24.7 Å². The maximum Gasteiger partial charge on any atom is 0.278 e. The monoisotopic (exact) mass is 417 g/mol. The Morgan fingerprint density at radius 2 is 1.66 bits per heavy atom. The van der Waals surface area contributed by atoms with Gasteiger partial charge in [0.1, 0.15) is 6.10 Å². The Bertz CT molecular complexity index is 956. The summed E-state index contributed by atoms with van der Waals surface area (Å²) in [7, 11) is -1.98. The molecule has 1 saturated carbocycles. The van der Waals surface area contributed by atoms with Crippen LogP contribution in [-0.2, 0) is 22.9 Å². The molecule has 2 aromatic rings. The van der Waals surface area contributed by atoms with E-state index in [1.807, 2.05) is 12.1 Å². The number of benzene rings is 1. The second-order valence-electron chi connectivity index (χ2n) is 7.72. The van der Waals surface area contributed by atoms with Gasteiger partial charge in [0.05, 0.1) is 12.0 Å². The molecule has 0 saturated heterocycles. The van der Waals surface area contributed by atoms with Crippen LogP contribution in [0.3, 0.4) is 0 Å². The predicted molar refractivity (Wildman–Crippen MR) is 109 cm³/mol. The van der Waals surface area contributed by atoms with Crippen molar-refractivity contribution in [1.82, 2.24) is 14.7 Å². The van der Waals surface area contributed by atoms with Crippen molar-refractivity contribution in [2.45, 2.75) is 68.4 Å². The van der Waals surface area contributed by atoms with Gasteiger partial charge in [0.2, 0.25) is 10.0 Å². The molecule has 0 spiro atoms. The second-order valence-corrected chi connectivity index (χ2v) is 9.44. The minimum absolute atomic E-state index is 0.0231. The average Bonchev–Trinajstić information content (AvgIpc) is 2.75. The number of nitrogens with zero attached hydrogens (tertiary/aromatic N) is 2. The zero-order valence-electron chi connectivity index (χ0n) is 16.6. The lowest BCUT2D eigenvalue weighted by molar-refractivity contribution is 0.132. The highest BCUT2D eigenvalue weighted by Gasteiger charge is 2.28. The van der Waals surface area contributed by atoms with E-state index in [2.05, 4.69) is 14.7 Å². The van der Waals surface area contributed by atoms with Crippen LogP contribution in [0.2, 0.25) is 0 Å². The molecule has 2 aliphatic carbocycles. The van der Waals surface area contributed by atoms with E-state index < -0.39 is 10.0 Å². The molecule has 0 bridgehead atoms. The molecule has 0 aliphatic heterocycles. The lowest BCUT2D eigenvalue weighted by atomic mass is 9.92. The number of hydrogen-bond donors (Lipinski definition) is 1. The van der Waals surface area contributed by atoms with E-state index in [4.69, 9.17) is 9.47 Å². The minimum atomic E-state index is -3.51. The Labute approximate surface area is 171 Å². The second kappa shape index (κ2) is 8.67. The summed E-state index contributed by atoms with van der Waals surface area (Å²) in [5.41, 5.74) is 2.46. The van der Waals surface area contributed by atoms with Crippen LogP contribution in [0.4, 0.5) is 0 Å². The van der Waals surface area contributed by atoms with Crippen molar-refractivity contribution in [2.75, 3.05) is 7.11 Å². The fourth-order valence-corrected chi connectivity index (χ4v) is 5.51. The predicted octanol–water partition coefficient (Wildman–Crippen LogP) is 3.03. The summed E-state index contributed by atoms with van der Waals surface area (Å²) in [6, 6.07) is 5.48. The molecule has 1 N–H and O–H groups in total. The van der Waals surface area contributed by atoms with E-state index in [1.54, 1.807) is 18.5 Å². The fourth-order valence-electron chi connectivity index (χ4n) is 4.15. The molecule has 1 heterocycles. The van der Waals surface area contributed by atoms with Crippen LogP contribution < -0.4 is 14.2 Å². The Kier molecular flexibility index (Phi) is 6.01. The van der Waals surface area contributed by atoms with Crippen LogP contribution in [-0.4, -0.2) is 37.6 Å². The number of ether oxygens (including phenoxy) is 2. The highest BCUT2D eigenvalue weighted by atomic mass is 32.2.